The minimum absolute atomic E-state index is 0.197. The number of likely N-dealkylation sites (tertiary alicyclic amines) is 1. The van der Waals surface area contributed by atoms with Gasteiger partial charge in [-0.1, -0.05) is 18.5 Å². The molecule has 1 fully saturated rings. The topological polar surface area (TPSA) is 110 Å². The molecule has 27 heavy (non-hydrogen) atoms. The van der Waals surface area contributed by atoms with Crippen molar-refractivity contribution in [3.8, 4) is 11.5 Å². The van der Waals surface area contributed by atoms with Crippen molar-refractivity contribution in [2.24, 2.45) is 5.92 Å². The Bertz CT molecular complexity index is 992. The first kappa shape index (κ1) is 17.3. The van der Waals surface area contributed by atoms with Crippen LogP contribution in [0.3, 0.4) is 0 Å². The van der Waals surface area contributed by atoms with Crippen molar-refractivity contribution in [1.82, 2.24) is 15.0 Å². The average molecular weight is 369 g/mol. The molecule has 0 radical (unpaired) electrons. The molecule has 0 spiro atoms. The summed E-state index contributed by atoms with van der Waals surface area (Å²) in [5.74, 6) is -1.13. The molecule has 1 N–H and O–H groups in total. The molecule has 8 heteroatoms. The van der Waals surface area contributed by atoms with Crippen LogP contribution in [0.4, 0.5) is 0 Å². The van der Waals surface area contributed by atoms with Crippen LogP contribution in [-0.4, -0.2) is 45.1 Å². The molecule has 4 rings (SSSR count). The van der Waals surface area contributed by atoms with Crippen LogP contribution in [0.25, 0.3) is 22.6 Å². The Morgan fingerprint density at radius 1 is 1.41 bits per heavy atom. The number of hydrogen-bond donors (Lipinski definition) is 1. The number of pyridine rings is 1. The molecule has 0 aliphatic carbocycles. The minimum atomic E-state index is -0.877. The fraction of sp³-hybridized carbons (Fsp3) is 0.368. The molecule has 1 aliphatic heterocycles. The van der Waals surface area contributed by atoms with E-state index in [2.05, 4.69) is 10.1 Å². The second-order valence-electron chi connectivity index (χ2n) is 6.67. The molecule has 0 unspecified atom stereocenters. The number of aromatic nitrogens is 2. The number of aliphatic carboxylic acids is 1. The number of fused-ring (bicyclic) bond motifs is 1. The SMILES string of the molecule is CCCc1noc2nc(-c3ccco3)cc(C(=O)N3CC[C@@H](C(=O)O)C3)c12. The molecule has 3 aromatic heterocycles. The third-order valence-electron chi connectivity index (χ3n) is 4.83. The number of carboxylic acids is 1. The normalized spacial score (nSPS) is 16.9. The molecule has 1 amide bonds. The Kier molecular flexibility index (Phi) is 4.39. The van der Waals surface area contributed by atoms with Gasteiger partial charge in [0.05, 0.1) is 28.8 Å². The molecule has 0 aromatic carbocycles. The quantitative estimate of drug-likeness (QED) is 0.736. The molecule has 1 aliphatic rings. The van der Waals surface area contributed by atoms with Gasteiger partial charge < -0.3 is 18.9 Å². The van der Waals surface area contributed by atoms with Gasteiger partial charge in [-0.2, -0.15) is 0 Å². The van der Waals surface area contributed by atoms with E-state index in [9.17, 15) is 14.7 Å². The van der Waals surface area contributed by atoms with Crippen LogP contribution in [0.1, 0.15) is 35.8 Å². The van der Waals surface area contributed by atoms with Crippen LogP contribution in [0.5, 0.6) is 0 Å². The van der Waals surface area contributed by atoms with Gasteiger partial charge in [-0.05, 0) is 31.0 Å². The summed E-state index contributed by atoms with van der Waals surface area (Å²) < 4.78 is 10.8. The molecule has 0 saturated carbocycles. The van der Waals surface area contributed by atoms with E-state index < -0.39 is 11.9 Å². The van der Waals surface area contributed by atoms with Crippen LogP contribution in [-0.2, 0) is 11.2 Å². The summed E-state index contributed by atoms with van der Waals surface area (Å²) in [7, 11) is 0. The van der Waals surface area contributed by atoms with Gasteiger partial charge in [0.1, 0.15) is 5.69 Å². The van der Waals surface area contributed by atoms with Gasteiger partial charge in [0.2, 0.25) is 0 Å². The molecule has 1 atom stereocenters. The van der Waals surface area contributed by atoms with Crippen molar-refractivity contribution in [1.29, 1.82) is 0 Å². The lowest BCUT2D eigenvalue weighted by atomic mass is 10.0. The molecule has 0 bridgehead atoms. The summed E-state index contributed by atoms with van der Waals surface area (Å²) >= 11 is 0. The standard InChI is InChI=1S/C19H19N3O5/c1-2-4-13-16-12(18(23)22-7-6-11(10-22)19(24)25)9-14(15-5-3-8-26-15)20-17(16)27-21-13/h3,5,8-9,11H,2,4,6-7,10H2,1H3,(H,24,25)/t11-/m1/s1. The maximum absolute atomic E-state index is 13.2. The summed E-state index contributed by atoms with van der Waals surface area (Å²) in [6, 6.07) is 5.17. The van der Waals surface area contributed by atoms with E-state index in [1.54, 1.807) is 23.1 Å². The lowest BCUT2D eigenvalue weighted by Crippen LogP contribution is -2.30. The van der Waals surface area contributed by atoms with E-state index in [1.165, 1.54) is 6.26 Å². The van der Waals surface area contributed by atoms with Gasteiger partial charge in [0.25, 0.3) is 11.6 Å². The summed E-state index contributed by atoms with van der Waals surface area (Å²) in [5, 5.41) is 13.9. The van der Waals surface area contributed by atoms with Crippen LogP contribution >= 0.6 is 0 Å². The van der Waals surface area contributed by atoms with Crippen molar-refractivity contribution < 1.29 is 23.6 Å². The Morgan fingerprint density at radius 3 is 2.93 bits per heavy atom. The number of amides is 1. The maximum atomic E-state index is 13.2. The first-order valence-electron chi connectivity index (χ1n) is 8.93. The fourth-order valence-electron chi connectivity index (χ4n) is 3.45. The van der Waals surface area contributed by atoms with Gasteiger partial charge >= 0.3 is 5.97 Å². The van der Waals surface area contributed by atoms with E-state index in [-0.39, 0.29) is 18.2 Å². The number of carboxylic acid groups (broad SMARTS) is 1. The highest BCUT2D eigenvalue weighted by Crippen LogP contribution is 2.30. The van der Waals surface area contributed by atoms with Crippen molar-refractivity contribution in [3.05, 3.63) is 35.7 Å². The largest absolute Gasteiger partial charge is 0.481 e. The zero-order chi connectivity index (χ0) is 19.0. The Hall–Kier alpha value is -3.16. The van der Waals surface area contributed by atoms with Crippen molar-refractivity contribution in [3.63, 3.8) is 0 Å². The Morgan fingerprint density at radius 2 is 2.26 bits per heavy atom. The van der Waals surface area contributed by atoms with E-state index >= 15 is 0 Å². The summed E-state index contributed by atoms with van der Waals surface area (Å²) in [6.45, 7) is 2.62. The Labute approximate surface area is 154 Å². The van der Waals surface area contributed by atoms with Gasteiger partial charge in [0, 0.05) is 13.1 Å². The Balaban J connectivity index is 1.80. The predicted octanol–water partition coefficient (Wildman–Crippen LogP) is 2.98. The molecule has 8 nitrogen and oxygen atoms in total. The first-order chi connectivity index (χ1) is 13.1. The third-order valence-corrected chi connectivity index (χ3v) is 4.83. The molecule has 1 saturated heterocycles. The highest BCUT2D eigenvalue weighted by atomic mass is 16.5. The number of carbonyl (C=O) groups is 2. The summed E-state index contributed by atoms with van der Waals surface area (Å²) in [5.41, 5.74) is 1.86. The fourth-order valence-corrected chi connectivity index (χ4v) is 3.45. The van der Waals surface area contributed by atoms with Gasteiger partial charge in [-0.25, -0.2) is 4.98 Å². The monoisotopic (exact) mass is 369 g/mol. The number of furan rings is 1. The van der Waals surface area contributed by atoms with Crippen molar-refractivity contribution in [2.75, 3.05) is 13.1 Å². The maximum Gasteiger partial charge on any atom is 0.308 e. The first-order valence-corrected chi connectivity index (χ1v) is 8.93. The van der Waals surface area contributed by atoms with E-state index in [0.29, 0.717) is 47.5 Å². The molecular formula is C19H19N3O5. The predicted molar refractivity (Wildman–Crippen MR) is 95.1 cm³/mol. The number of aryl methyl sites for hydroxylation is 1. The van der Waals surface area contributed by atoms with E-state index in [4.69, 9.17) is 8.94 Å². The number of hydrogen-bond acceptors (Lipinski definition) is 6. The van der Waals surface area contributed by atoms with Gasteiger partial charge in [0.15, 0.2) is 5.76 Å². The van der Waals surface area contributed by atoms with E-state index in [0.717, 1.165) is 6.42 Å². The van der Waals surface area contributed by atoms with Crippen LogP contribution in [0, 0.1) is 5.92 Å². The lowest BCUT2D eigenvalue weighted by molar-refractivity contribution is -0.141. The highest BCUT2D eigenvalue weighted by molar-refractivity contribution is 6.07. The number of rotatable bonds is 5. The number of nitrogens with zero attached hydrogens (tertiary/aromatic N) is 3. The summed E-state index contributed by atoms with van der Waals surface area (Å²) in [6.07, 6.45) is 3.49. The van der Waals surface area contributed by atoms with Crippen LogP contribution < -0.4 is 0 Å². The number of carbonyl (C=O) groups excluding carboxylic acids is 1. The van der Waals surface area contributed by atoms with Gasteiger partial charge in [-0.3, -0.25) is 9.59 Å². The minimum Gasteiger partial charge on any atom is -0.481 e. The third kappa shape index (κ3) is 3.07. The summed E-state index contributed by atoms with van der Waals surface area (Å²) in [4.78, 5) is 30.5. The van der Waals surface area contributed by atoms with Crippen LogP contribution in [0.15, 0.2) is 33.4 Å². The smallest absolute Gasteiger partial charge is 0.308 e. The average Bonchev–Trinajstić information content (AvgIpc) is 3.41. The second kappa shape index (κ2) is 6.86. The zero-order valence-corrected chi connectivity index (χ0v) is 14.8. The van der Waals surface area contributed by atoms with Gasteiger partial charge in [-0.15, -0.1) is 0 Å². The molecule has 4 heterocycles. The zero-order valence-electron chi connectivity index (χ0n) is 14.8. The van der Waals surface area contributed by atoms with Crippen molar-refractivity contribution >= 4 is 23.0 Å². The molecule has 140 valence electrons. The highest BCUT2D eigenvalue weighted by Gasteiger charge is 2.33. The van der Waals surface area contributed by atoms with E-state index in [1.807, 2.05) is 6.92 Å². The van der Waals surface area contributed by atoms with Crippen molar-refractivity contribution in [2.45, 2.75) is 26.2 Å². The van der Waals surface area contributed by atoms with Crippen LogP contribution in [0.2, 0.25) is 0 Å². The molecule has 3 aromatic rings. The lowest BCUT2D eigenvalue weighted by Gasteiger charge is -2.16. The second-order valence-corrected chi connectivity index (χ2v) is 6.67. The molecular weight excluding hydrogens is 350 g/mol.